The van der Waals surface area contributed by atoms with E-state index in [1.165, 1.54) is 18.5 Å². The number of nitrogens with zero attached hydrogens (tertiary/aromatic N) is 10. The second-order valence-corrected chi connectivity index (χ2v) is 7.31. The first-order chi connectivity index (χ1) is 17.1. The predicted molar refractivity (Wildman–Crippen MR) is 115 cm³/mol. The maximum Gasteiger partial charge on any atom is 0.265 e. The van der Waals surface area contributed by atoms with Gasteiger partial charge in [0.15, 0.2) is 0 Å². The van der Waals surface area contributed by atoms with Crippen LogP contribution in [0.2, 0.25) is 0 Å². The normalized spacial score (nSPS) is 11.3. The fraction of sp³-hybridized carbons (Fsp3) is 0.238. The Bertz CT molecular complexity index is 1400. The third kappa shape index (κ3) is 4.85. The summed E-state index contributed by atoms with van der Waals surface area (Å²) < 4.78 is 40.0. The zero-order valence-electron chi connectivity index (χ0n) is 18.4. The van der Waals surface area contributed by atoms with Gasteiger partial charge in [-0.2, -0.15) is 10.1 Å². The number of hydrogen-bond donors (Lipinski definition) is 0. The third-order valence-electron chi connectivity index (χ3n) is 5.06. The molecule has 14 heteroatoms. The van der Waals surface area contributed by atoms with Gasteiger partial charge in [0.05, 0.1) is 29.7 Å². The van der Waals surface area contributed by atoms with Crippen molar-refractivity contribution in [1.29, 1.82) is 0 Å². The van der Waals surface area contributed by atoms with Gasteiger partial charge in [0, 0.05) is 36.1 Å². The number of hydrogen-bond acceptors (Lipinski definition) is 10. The standard InChI is InChI=1S/C21H18F2N10O2/c1-2-33-17(11-34-18-4-3-14(8-25-18)19(22)23)16(9-27-33)21-28-20(29-35-21)13-5-6-24-15(7-13)10-32-12-26-30-31-32/h3-9,12,19H,2,10-11H2,1H3. The molecule has 0 aromatic carbocycles. The van der Waals surface area contributed by atoms with Crippen LogP contribution < -0.4 is 4.74 Å². The van der Waals surface area contributed by atoms with Crippen LogP contribution in [0.3, 0.4) is 0 Å². The van der Waals surface area contributed by atoms with Gasteiger partial charge >= 0.3 is 0 Å². The first-order valence-corrected chi connectivity index (χ1v) is 10.5. The van der Waals surface area contributed by atoms with Crippen molar-refractivity contribution >= 4 is 0 Å². The van der Waals surface area contributed by atoms with Crippen molar-refractivity contribution in [3.63, 3.8) is 0 Å². The van der Waals surface area contributed by atoms with Crippen LogP contribution >= 0.6 is 0 Å². The minimum atomic E-state index is -2.59. The number of aryl methyl sites for hydroxylation is 1. The van der Waals surface area contributed by atoms with Gasteiger partial charge in [0.2, 0.25) is 11.7 Å². The third-order valence-corrected chi connectivity index (χ3v) is 5.06. The lowest BCUT2D eigenvalue weighted by Crippen LogP contribution is -2.08. The first-order valence-electron chi connectivity index (χ1n) is 10.5. The average molecular weight is 480 g/mol. The zero-order chi connectivity index (χ0) is 24.2. The Hall–Kier alpha value is -4.62. The number of tetrazole rings is 1. The van der Waals surface area contributed by atoms with E-state index in [0.717, 1.165) is 11.9 Å². The van der Waals surface area contributed by atoms with Gasteiger partial charge in [-0.15, -0.1) is 5.10 Å². The average Bonchev–Trinajstić information content (AvgIpc) is 3.64. The van der Waals surface area contributed by atoms with E-state index in [9.17, 15) is 8.78 Å². The van der Waals surface area contributed by atoms with E-state index in [0.29, 0.717) is 35.7 Å². The second kappa shape index (κ2) is 9.70. The molecule has 0 N–H and O–H groups in total. The number of rotatable bonds is 9. The molecule has 178 valence electrons. The van der Waals surface area contributed by atoms with Crippen molar-refractivity contribution in [2.45, 2.75) is 33.0 Å². The monoisotopic (exact) mass is 480 g/mol. The Labute approximate surface area is 196 Å². The molecule has 0 atom stereocenters. The van der Waals surface area contributed by atoms with Gasteiger partial charge in [-0.25, -0.2) is 18.4 Å². The van der Waals surface area contributed by atoms with Crippen molar-refractivity contribution in [3.05, 3.63) is 66.1 Å². The number of halogens is 2. The van der Waals surface area contributed by atoms with E-state index in [2.05, 4.69) is 40.7 Å². The lowest BCUT2D eigenvalue weighted by atomic mass is 10.2. The molecule has 0 amide bonds. The highest BCUT2D eigenvalue weighted by Gasteiger charge is 2.20. The number of aromatic nitrogens is 10. The summed E-state index contributed by atoms with van der Waals surface area (Å²) >= 11 is 0. The Morgan fingerprint density at radius 2 is 2.06 bits per heavy atom. The minimum absolute atomic E-state index is 0.0766. The molecular formula is C21H18F2N10O2. The maximum absolute atomic E-state index is 12.8. The highest BCUT2D eigenvalue weighted by molar-refractivity contribution is 5.61. The van der Waals surface area contributed by atoms with Crippen molar-refractivity contribution in [2.24, 2.45) is 0 Å². The summed E-state index contributed by atoms with van der Waals surface area (Å²) in [6.07, 6.45) is 3.25. The highest BCUT2D eigenvalue weighted by atomic mass is 19.3. The van der Waals surface area contributed by atoms with E-state index in [-0.39, 0.29) is 23.9 Å². The van der Waals surface area contributed by atoms with Crippen LogP contribution in [0.5, 0.6) is 5.88 Å². The van der Waals surface area contributed by atoms with E-state index >= 15 is 0 Å². The molecule has 0 saturated carbocycles. The lowest BCUT2D eigenvalue weighted by molar-refractivity contribution is 0.150. The van der Waals surface area contributed by atoms with Crippen molar-refractivity contribution in [3.8, 4) is 28.7 Å². The SMILES string of the molecule is CCn1ncc(-c2nc(-c3ccnc(Cn4cnnn4)c3)no2)c1COc1ccc(C(F)F)cn1. The summed E-state index contributed by atoms with van der Waals surface area (Å²) in [7, 11) is 0. The van der Waals surface area contributed by atoms with Gasteiger partial charge in [-0.1, -0.05) is 5.16 Å². The molecule has 0 unspecified atom stereocenters. The Balaban J connectivity index is 1.36. The van der Waals surface area contributed by atoms with Crippen LogP contribution in [0.4, 0.5) is 8.78 Å². The van der Waals surface area contributed by atoms with E-state index in [1.807, 2.05) is 13.0 Å². The van der Waals surface area contributed by atoms with E-state index in [1.54, 1.807) is 27.8 Å². The molecule has 5 aromatic rings. The minimum Gasteiger partial charge on any atom is -0.471 e. The molecule has 0 saturated heterocycles. The van der Waals surface area contributed by atoms with Gasteiger partial charge in [-0.3, -0.25) is 9.67 Å². The highest BCUT2D eigenvalue weighted by Crippen LogP contribution is 2.27. The summed E-state index contributed by atoms with van der Waals surface area (Å²) in [5.41, 5.74) is 2.53. The topological polar surface area (TPSA) is 135 Å². The van der Waals surface area contributed by atoms with E-state index < -0.39 is 6.43 Å². The van der Waals surface area contributed by atoms with Crippen LogP contribution in [0.25, 0.3) is 22.8 Å². The Morgan fingerprint density at radius 3 is 2.80 bits per heavy atom. The summed E-state index contributed by atoms with van der Waals surface area (Å²) in [4.78, 5) is 12.8. The molecule has 0 spiro atoms. The van der Waals surface area contributed by atoms with Gasteiger partial charge in [0.1, 0.15) is 12.9 Å². The quantitative estimate of drug-likeness (QED) is 0.310. The molecule has 5 heterocycles. The second-order valence-electron chi connectivity index (χ2n) is 7.31. The molecular weight excluding hydrogens is 462 g/mol. The molecule has 0 radical (unpaired) electrons. The summed E-state index contributed by atoms with van der Waals surface area (Å²) in [5, 5.41) is 19.5. The lowest BCUT2D eigenvalue weighted by Gasteiger charge is -2.09. The maximum atomic E-state index is 12.8. The van der Waals surface area contributed by atoms with Crippen LogP contribution in [0, 0.1) is 0 Å². The van der Waals surface area contributed by atoms with Gasteiger partial charge in [0.25, 0.3) is 12.3 Å². The molecule has 0 bridgehead atoms. The smallest absolute Gasteiger partial charge is 0.265 e. The Morgan fingerprint density at radius 1 is 1.14 bits per heavy atom. The van der Waals surface area contributed by atoms with Gasteiger partial charge in [-0.05, 0) is 35.5 Å². The molecule has 0 fully saturated rings. The largest absolute Gasteiger partial charge is 0.471 e. The summed E-state index contributed by atoms with van der Waals surface area (Å²) in [6.45, 7) is 2.97. The van der Waals surface area contributed by atoms with Crippen molar-refractivity contribution < 1.29 is 18.0 Å². The fourth-order valence-corrected chi connectivity index (χ4v) is 3.34. The molecule has 35 heavy (non-hydrogen) atoms. The molecule has 0 aliphatic rings. The van der Waals surface area contributed by atoms with Crippen LogP contribution in [-0.4, -0.2) is 50.1 Å². The van der Waals surface area contributed by atoms with Crippen LogP contribution in [-0.2, 0) is 19.7 Å². The van der Waals surface area contributed by atoms with Crippen LogP contribution in [0.1, 0.15) is 30.3 Å². The first kappa shape index (κ1) is 22.2. The zero-order valence-corrected chi connectivity index (χ0v) is 18.4. The Kier molecular flexibility index (Phi) is 6.15. The van der Waals surface area contributed by atoms with Crippen molar-refractivity contribution in [1.82, 2.24) is 50.1 Å². The van der Waals surface area contributed by atoms with Crippen molar-refractivity contribution in [2.75, 3.05) is 0 Å². The molecule has 0 aliphatic carbocycles. The predicted octanol–water partition coefficient (Wildman–Crippen LogP) is 2.96. The molecule has 5 rings (SSSR count). The summed E-state index contributed by atoms with van der Waals surface area (Å²) in [6, 6.07) is 6.27. The molecule has 5 aromatic heterocycles. The van der Waals surface area contributed by atoms with Crippen LogP contribution in [0.15, 0.2) is 53.7 Å². The molecule has 0 aliphatic heterocycles. The van der Waals surface area contributed by atoms with E-state index in [4.69, 9.17) is 9.26 Å². The number of ether oxygens (including phenoxy) is 1. The summed E-state index contributed by atoms with van der Waals surface area (Å²) in [5.74, 6) is 0.848. The molecule has 12 nitrogen and oxygen atoms in total. The van der Waals surface area contributed by atoms with Gasteiger partial charge < -0.3 is 9.26 Å². The number of pyridine rings is 2. The number of alkyl halides is 2. The fourth-order valence-electron chi connectivity index (χ4n) is 3.34.